The Morgan fingerprint density at radius 1 is 0.947 bits per heavy atom. The van der Waals surface area contributed by atoms with Crippen LogP contribution in [0.3, 0.4) is 0 Å². The first kappa shape index (κ1) is 25.4. The van der Waals surface area contributed by atoms with Crippen LogP contribution in [0.2, 0.25) is 10.0 Å². The fourth-order valence-corrected chi connectivity index (χ4v) is 6.76. The number of anilines is 1. The Morgan fingerprint density at radius 3 is 2.29 bits per heavy atom. The number of halogens is 2. The summed E-state index contributed by atoms with van der Waals surface area (Å²) >= 11 is 12.1. The third-order valence-corrected chi connectivity index (χ3v) is 8.76. The Balaban J connectivity index is 1.32. The summed E-state index contributed by atoms with van der Waals surface area (Å²) in [5, 5.41) is 7.26. The van der Waals surface area contributed by atoms with Crippen LogP contribution in [-0.2, 0) is 25.7 Å². The summed E-state index contributed by atoms with van der Waals surface area (Å²) in [5.41, 5.74) is 0.222. The number of fused-ring (bicyclic) bond motifs is 1. The number of hydrogen-bond donors (Lipinski definition) is 2. The average Bonchev–Trinajstić information content (AvgIpc) is 3.55. The van der Waals surface area contributed by atoms with E-state index in [4.69, 9.17) is 27.9 Å². The first-order valence-corrected chi connectivity index (χ1v) is 13.9. The van der Waals surface area contributed by atoms with E-state index in [1.807, 2.05) is 24.3 Å². The van der Waals surface area contributed by atoms with Crippen LogP contribution in [0.15, 0.2) is 60.7 Å². The summed E-state index contributed by atoms with van der Waals surface area (Å²) in [6.45, 7) is 0.213. The minimum Gasteiger partial charge on any atom is -0.359 e. The van der Waals surface area contributed by atoms with Gasteiger partial charge in [-0.05, 0) is 54.8 Å². The number of amides is 3. The van der Waals surface area contributed by atoms with Crippen LogP contribution in [0.4, 0.5) is 5.69 Å². The van der Waals surface area contributed by atoms with Crippen molar-refractivity contribution in [1.82, 2.24) is 10.2 Å². The van der Waals surface area contributed by atoms with Crippen molar-refractivity contribution in [3.8, 4) is 0 Å². The first-order chi connectivity index (χ1) is 18.4. The lowest BCUT2D eigenvalue weighted by molar-refractivity contribution is -0.142. The van der Waals surface area contributed by atoms with Gasteiger partial charge in [0.25, 0.3) is 0 Å². The summed E-state index contributed by atoms with van der Waals surface area (Å²) in [6.07, 6.45) is 8.23. The molecule has 3 heterocycles. The normalized spacial score (nSPS) is 29.9. The van der Waals surface area contributed by atoms with Gasteiger partial charge in [-0.15, -0.1) is 0 Å². The highest BCUT2D eigenvalue weighted by atomic mass is 35.5. The quantitative estimate of drug-likeness (QED) is 0.506. The van der Waals surface area contributed by atoms with E-state index in [0.29, 0.717) is 15.7 Å². The molecule has 4 aliphatic rings. The zero-order valence-corrected chi connectivity index (χ0v) is 22.3. The highest BCUT2D eigenvalue weighted by molar-refractivity contribution is 6.30. The molecule has 198 valence electrons. The molecule has 2 saturated heterocycles. The number of nitrogens with zero attached hydrogens (tertiary/aromatic N) is 1. The number of hydrogen-bond acceptors (Lipinski definition) is 4. The molecular formula is C29H29Cl2N3O4. The van der Waals surface area contributed by atoms with Gasteiger partial charge in [-0.25, -0.2) is 0 Å². The van der Waals surface area contributed by atoms with Gasteiger partial charge in [0.2, 0.25) is 17.7 Å². The minimum atomic E-state index is -1.20. The van der Waals surface area contributed by atoms with E-state index in [2.05, 4.69) is 10.6 Å². The molecular weight excluding hydrogens is 525 g/mol. The zero-order valence-electron chi connectivity index (χ0n) is 20.7. The van der Waals surface area contributed by atoms with Gasteiger partial charge in [-0.2, -0.15) is 0 Å². The van der Waals surface area contributed by atoms with E-state index in [-0.39, 0.29) is 30.3 Å². The first-order valence-electron chi connectivity index (χ1n) is 13.1. The molecule has 1 saturated carbocycles. The van der Waals surface area contributed by atoms with E-state index in [9.17, 15) is 14.4 Å². The SMILES string of the molecule is O=C(Nc1ccc(Cl)cc1)C1[C@H]2C=CC3(O2)C(C(=O)NC2CCCCC2)N(Cc2ccc(Cl)cc2)C(=O)[C@@H]13. The topological polar surface area (TPSA) is 87.7 Å². The second-order valence-electron chi connectivity index (χ2n) is 10.6. The third-order valence-electron chi connectivity index (χ3n) is 8.25. The molecule has 2 aromatic rings. The second kappa shape index (κ2) is 10.0. The van der Waals surface area contributed by atoms with E-state index in [1.54, 1.807) is 41.3 Å². The van der Waals surface area contributed by atoms with E-state index < -0.39 is 29.6 Å². The molecule has 6 rings (SSSR count). The van der Waals surface area contributed by atoms with E-state index >= 15 is 0 Å². The molecule has 0 radical (unpaired) electrons. The molecule has 2 N–H and O–H groups in total. The van der Waals surface area contributed by atoms with Crippen molar-refractivity contribution < 1.29 is 19.1 Å². The molecule has 3 fully saturated rings. The van der Waals surface area contributed by atoms with Gasteiger partial charge < -0.3 is 20.3 Å². The summed E-state index contributed by atoms with van der Waals surface area (Å²) < 4.78 is 6.42. The molecule has 1 aliphatic carbocycles. The van der Waals surface area contributed by atoms with Gasteiger partial charge in [0, 0.05) is 28.3 Å². The Kier molecular flexibility index (Phi) is 6.70. The van der Waals surface area contributed by atoms with Crippen LogP contribution in [0.25, 0.3) is 0 Å². The van der Waals surface area contributed by atoms with Gasteiger partial charge in [-0.3, -0.25) is 14.4 Å². The molecule has 3 unspecified atom stereocenters. The maximum absolute atomic E-state index is 14.1. The van der Waals surface area contributed by atoms with Crippen molar-refractivity contribution in [2.24, 2.45) is 11.8 Å². The van der Waals surface area contributed by atoms with Crippen molar-refractivity contribution >= 4 is 46.6 Å². The van der Waals surface area contributed by atoms with E-state index in [1.165, 1.54) is 6.42 Å². The monoisotopic (exact) mass is 553 g/mol. The number of likely N-dealkylation sites (tertiary alicyclic amines) is 1. The Morgan fingerprint density at radius 2 is 1.61 bits per heavy atom. The molecule has 9 heteroatoms. The van der Waals surface area contributed by atoms with Crippen LogP contribution >= 0.6 is 23.2 Å². The number of rotatable bonds is 6. The Labute approximate surface area is 231 Å². The molecule has 5 atom stereocenters. The molecule has 2 aromatic carbocycles. The van der Waals surface area contributed by atoms with Crippen molar-refractivity contribution in [3.05, 3.63) is 76.3 Å². The van der Waals surface area contributed by atoms with E-state index in [0.717, 1.165) is 31.2 Å². The van der Waals surface area contributed by atoms with Crippen LogP contribution < -0.4 is 10.6 Å². The predicted octanol–water partition coefficient (Wildman–Crippen LogP) is 4.73. The van der Waals surface area contributed by atoms with Crippen LogP contribution in [0, 0.1) is 11.8 Å². The molecule has 1 spiro atoms. The standard InChI is InChI=1S/C29H29Cl2N3O4/c30-18-8-6-17(7-9-18)16-34-25(27(36)33-20-4-2-1-3-5-20)29-15-14-22(38-29)23(24(29)28(34)37)26(35)32-21-12-10-19(31)11-13-21/h6-15,20,22-25H,1-5,16H2,(H,32,35)(H,33,36)/t22-,23?,24-,25?,29?/m1/s1. The third kappa shape index (κ3) is 4.40. The van der Waals surface area contributed by atoms with Gasteiger partial charge in [0.1, 0.15) is 11.6 Å². The molecule has 38 heavy (non-hydrogen) atoms. The lowest BCUT2D eigenvalue weighted by atomic mass is 9.74. The zero-order chi connectivity index (χ0) is 26.4. The highest BCUT2D eigenvalue weighted by Crippen LogP contribution is 2.55. The fourth-order valence-electron chi connectivity index (χ4n) is 6.51. The van der Waals surface area contributed by atoms with Crippen molar-refractivity contribution in [2.75, 3.05) is 5.32 Å². The number of benzene rings is 2. The summed E-state index contributed by atoms with van der Waals surface area (Å²) in [5.74, 6) is -2.37. The Bertz CT molecular complexity index is 1280. The summed E-state index contributed by atoms with van der Waals surface area (Å²) in [7, 11) is 0. The summed E-state index contributed by atoms with van der Waals surface area (Å²) in [4.78, 5) is 43.1. The lowest BCUT2D eigenvalue weighted by Gasteiger charge is -2.34. The van der Waals surface area contributed by atoms with Crippen molar-refractivity contribution in [3.63, 3.8) is 0 Å². The number of carbonyl (C=O) groups excluding carboxylic acids is 3. The van der Waals surface area contributed by atoms with Crippen molar-refractivity contribution in [2.45, 2.75) is 62.4 Å². The van der Waals surface area contributed by atoms with Crippen LogP contribution in [0.1, 0.15) is 37.7 Å². The smallest absolute Gasteiger partial charge is 0.246 e. The number of carbonyl (C=O) groups is 3. The molecule has 7 nitrogen and oxygen atoms in total. The molecule has 0 aromatic heterocycles. The minimum absolute atomic E-state index is 0.0748. The average molecular weight is 554 g/mol. The van der Waals surface area contributed by atoms with Crippen LogP contribution in [-0.4, -0.2) is 46.4 Å². The highest BCUT2D eigenvalue weighted by Gasteiger charge is 2.72. The number of nitrogens with one attached hydrogen (secondary N) is 2. The van der Waals surface area contributed by atoms with Gasteiger partial charge in [-0.1, -0.05) is 66.7 Å². The maximum atomic E-state index is 14.1. The maximum Gasteiger partial charge on any atom is 0.246 e. The van der Waals surface area contributed by atoms with Crippen molar-refractivity contribution in [1.29, 1.82) is 0 Å². The second-order valence-corrected chi connectivity index (χ2v) is 11.5. The number of ether oxygens (including phenoxy) is 1. The molecule has 3 aliphatic heterocycles. The largest absolute Gasteiger partial charge is 0.359 e. The van der Waals surface area contributed by atoms with Gasteiger partial charge >= 0.3 is 0 Å². The predicted molar refractivity (Wildman–Crippen MR) is 145 cm³/mol. The van der Waals surface area contributed by atoms with Gasteiger partial charge in [0.15, 0.2) is 0 Å². The Hall–Kier alpha value is -2.87. The summed E-state index contributed by atoms with van der Waals surface area (Å²) in [6, 6.07) is 13.2. The fraction of sp³-hybridized carbons (Fsp3) is 0.414. The molecule has 3 amide bonds. The van der Waals surface area contributed by atoms with Crippen LogP contribution in [0.5, 0.6) is 0 Å². The molecule has 2 bridgehead atoms. The lowest BCUT2D eigenvalue weighted by Crippen LogP contribution is -2.56. The van der Waals surface area contributed by atoms with Gasteiger partial charge in [0.05, 0.1) is 17.9 Å².